The lowest BCUT2D eigenvalue weighted by Crippen LogP contribution is -2.10. The molecule has 0 saturated carbocycles. The van der Waals surface area contributed by atoms with Gasteiger partial charge in [-0.25, -0.2) is 9.97 Å². The summed E-state index contributed by atoms with van der Waals surface area (Å²) in [5.41, 5.74) is 2.32. The van der Waals surface area contributed by atoms with E-state index < -0.39 is 11.7 Å². The number of rotatable bonds is 20. The molecule has 274 valence electrons. The predicted molar refractivity (Wildman–Crippen MR) is 212 cm³/mol. The molecule has 2 aromatic carbocycles. The minimum absolute atomic E-state index is 0.141. The minimum Gasteiger partial charge on any atom is -0.494 e. The van der Waals surface area contributed by atoms with Crippen LogP contribution >= 0.6 is 45.3 Å². The maximum atomic E-state index is 13.9. The Bertz CT molecular complexity index is 1920. The average molecular weight is 783 g/mol. The van der Waals surface area contributed by atoms with Crippen LogP contribution in [0.4, 0.5) is 34.8 Å². The molecule has 0 amide bonds. The van der Waals surface area contributed by atoms with E-state index in [1.54, 1.807) is 40.1 Å². The summed E-state index contributed by atoms with van der Waals surface area (Å²) >= 11 is 6.20. The number of nitrogens with zero attached hydrogens (tertiary/aromatic N) is 2. The van der Waals surface area contributed by atoms with Crippen molar-refractivity contribution in [3.8, 4) is 32.6 Å². The van der Waals surface area contributed by atoms with Crippen LogP contribution in [-0.4, -0.2) is 23.2 Å². The van der Waals surface area contributed by atoms with Crippen LogP contribution in [0.15, 0.2) is 88.3 Å². The van der Waals surface area contributed by atoms with Gasteiger partial charge in [0.15, 0.2) is 10.3 Å². The lowest BCUT2D eigenvalue weighted by molar-refractivity contribution is -0.138. The maximum absolute atomic E-state index is 13.9. The molecule has 0 radical (unpaired) electrons. The molecule has 52 heavy (non-hydrogen) atoms. The van der Waals surface area contributed by atoms with E-state index in [0.717, 1.165) is 83.8 Å². The largest absolute Gasteiger partial charge is 0.494 e. The molecule has 0 aliphatic heterocycles. The van der Waals surface area contributed by atoms with Gasteiger partial charge in [0.1, 0.15) is 11.5 Å². The van der Waals surface area contributed by atoms with Gasteiger partial charge < -0.3 is 20.1 Å². The molecule has 6 nitrogen and oxygen atoms in total. The molecule has 0 bridgehead atoms. The van der Waals surface area contributed by atoms with E-state index in [1.807, 2.05) is 53.2 Å². The normalized spacial score (nSPS) is 12.2. The summed E-state index contributed by atoms with van der Waals surface area (Å²) in [6.07, 6.45) is 3.68. The van der Waals surface area contributed by atoms with Crippen molar-refractivity contribution in [1.82, 2.24) is 9.97 Å². The van der Waals surface area contributed by atoms with E-state index in [0.29, 0.717) is 29.8 Å². The summed E-state index contributed by atoms with van der Waals surface area (Å²) in [6.45, 7) is 3.22. The van der Waals surface area contributed by atoms with Gasteiger partial charge in [-0.15, -0.1) is 45.3 Å². The van der Waals surface area contributed by atoms with E-state index in [9.17, 15) is 13.2 Å². The van der Waals surface area contributed by atoms with E-state index in [-0.39, 0.29) is 12.4 Å². The molecule has 1 unspecified atom stereocenters. The monoisotopic (exact) mass is 782 g/mol. The first kappa shape index (κ1) is 37.8. The van der Waals surface area contributed by atoms with Gasteiger partial charge in [-0.3, -0.25) is 0 Å². The molecule has 0 spiro atoms. The number of ether oxygens (including phenoxy) is 2. The second kappa shape index (κ2) is 18.7. The topological polar surface area (TPSA) is 68.3 Å². The summed E-state index contributed by atoms with van der Waals surface area (Å²) < 4.78 is 53.3. The Morgan fingerprint density at radius 3 is 1.77 bits per heavy atom. The average Bonchev–Trinajstić information content (AvgIpc) is 3.97. The summed E-state index contributed by atoms with van der Waals surface area (Å²) in [5, 5.41) is 15.8. The molecule has 13 heteroatoms. The third-order valence-corrected chi connectivity index (χ3v) is 11.7. The van der Waals surface area contributed by atoms with Crippen molar-refractivity contribution in [2.75, 3.05) is 23.8 Å². The Morgan fingerprint density at radius 2 is 1.21 bits per heavy atom. The number of nitrogens with one attached hydrogen (secondary N) is 2. The van der Waals surface area contributed by atoms with E-state index >= 15 is 0 Å². The minimum atomic E-state index is -4.53. The second-order valence-corrected chi connectivity index (χ2v) is 16.1. The van der Waals surface area contributed by atoms with Crippen LogP contribution in [0.2, 0.25) is 0 Å². The molecule has 2 N–H and O–H groups in total. The lowest BCUT2D eigenvalue weighted by Gasteiger charge is -2.16. The number of unbranched alkanes of at least 4 members (excludes halogenated alkanes) is 4. The standard InChI is InChI=1S/C39H41F3N4O2S4/c1-27(10-4-2-6-20-47-30-17-14-28(15-18-30)43-37-45-32(25-51-37)35-12-8-22-49-35)11-5-3-7-21-48-34-19-16-29(24-31(34)39(40,41)42)44-38-46-33(26-52-38)36-13-9-23-50-36/h8-9,12-19,22-27H,2-7,10-11,20-21H2,1H3,(H,43,45)(H,44,46). The van der Waals surface area contributed by atoms with E-state index in [4.69, 9.17) is 9.47 Å². The van der Waals surface area contributed by atoms with Gasteiger partial charge in [0.25, 0.3) is 0 Å². The second-order valence-electron chi connectivity index (χ2n) is 12.5. The number of hydrogen-bond acceptors (Lipinski definition) is 10. The first-order valence-corrected chi connectivity index (χ1v) is 20.9. The number of thiophene rings is 2. The van der Waals surface area contributed by atoms with Gasteiger partial charge >= 0.3 is 6.18 Å². The van der Waals surface area contributed by atoms with Crippen LogP contribution in [0.1, 0.15) is 63.9 Å². The molecular weight excluding hydrogens is 742 g/mol. The molecule has 1 atom stereocenters. The first-order chi connectivity index (χ1) is 25.3. The highest BCUT2D eigenvalue weighted by molar-refractivity contribution is 7.16. The van der Waals surface area contributed by atoms with Gasteiger partial charge in [-0.1, -0.05) is 57.6 Å². The summed E-state index contributed by atoms with van der Waals surface area (Å²) in [6, 6.07) is 20.1. The van der Waals surface area contributed by atoms with Gasteiger partial charge in [0, 0.05) is 22.1 Å². The molecule has 4 heterocycles. The van der Waals surface area contributed by atoms with Gasteiger partial charge in [-0.2, -0.15) is 13.2 Å². The predicted octanol–water partition coefficient (Wildman–Crippen LogP) is 13.8. The molecule has 0 aliphatic rings. The smallest absolute Gasteiger partial charge is 0.420 e. The zero-order valence-corrected chi connectivity index (χ0v) is 32.1. The van der Waals surface area contributed by atoms with Crippen LogP contribution < -0.4 is 20.1 Å². The molecular formula is C39H41F3N4O2S4. The van der Waals surface area contributed by atoms with Crippen LogP contribution in [-0.2, 0) is 6.18 Å². The Labute approximate surface area is 318 Å². The number of thiazole rings is 2. The van der Waals surface area contributed by atoms with Crippen molar-refractivity contribution in [2.24, 2.45) is 5.92 Å². The van der Waals surface area contributed by atoms with Crippen LogP contribution in [0, 0.1) is 5.92 Å². The van der Waals surface area contributed by atoms with Crippen molar-refractivity contribution in [3.63, 3.8) is 0 Å². The van der Waals surface area contributed by atoms with Crippen LogP contribution in [0.25, 0.3) is 21.1 Å². The Balaban J connectivity index is 0.814. The van der Waals surface area contributed by atoms with Crippen molar-refractivity contribution in [3.05, 3.63) is 93.8 Å². The lowest BCUT2D eigenvalue weighted by atomic mass is 9.97. The Hall–Kier alpha value is -3.91. The maximum Gasteiger partial charge on any atom is 0.420 e. The van der Waals surface area contributed by atoms with Gasteiger partial charge in [0.05, 0.1) is 39.9 Å². The van der Waals surface area contributed by atoms with E-state index in [2.05, 4.69) is 44.4 Å². The SMILES string of the molecule is CC(CCCCCOc1ccc(Nc2nc(-c3cccs3)cs2)cc1)CCCCCOc1ccc(Nc2nc(-c3cccs3)cs2)cc1C(F)(F)F. The fourth-order valence-electron chi connectivity index (χ4n) is 5.63. The van der Waals surface area contributed by atoms with Crippen LogP contribution in [0.5, 0.6) is 11.5 Å². The quantitative estimate of drug-likeness (QED) is 0.0752. The van der Waals surface area contributed by atoms with Crippen LogP contribution in [0.3, 0.4) is 0 Å². The highest BCUT2D eigenvalue weighted by Crippen LogP contribution is 2.39. The summed E-state index contributed by atoms with van der Waals surface area (Å²) in [4.78, 5) is 11.4. The van der Waals surface area contributed by atoms with Gasteiger partial charge in [0.2, 0.25) is 0 Å². The zero-order valence-electron chi connectivity index (χ0n) is 28.8. The Morgan fingerprint density at radius 1 is 0.654 bits per heavy atom. The van der Waals surface area contributed by atoms with Crippen molar-refractivity contribution in [2.45, 2.75) is 64.5 Å². The number of aromatic nitrogens is 2. The number of halogens is 3. The fourth-order valence-corrected chi connectivity index (χ4v) is 8.62. The molecule has 6 aromatic rings. The van der Waals surface area contributed by atoms with Gasteiger partial charge in [-0.05, 0) is 84.1 Å². The number of alkyl halides is 3. The molecule has 0 fully saturated rings. The molecule has 0 aliphatic carbocycles. The summed E-state index contributed by atoms with van der Waals surface area (Å²) in [5.74, 6) is 1.33. The number of hydrogen-bond donors (Lipinski definition) is 2. The molecule has 4 aromatic heterocycles. The highest BCUT2D eigenvalue weighted by Gasteiger charge is 2.35. The number of benzene rings is 2. The third kappa shape index (κ3) is 11.3. The molecule has 6 rings (SSSR count). The number of anilines is 4. The van der Waals surface area contributed by atoms with Crippen molar-refractivity contribution < 1.29 is 22.6 Å². The highest BCUT2D eigenvalue weighted by atomic mass is 32.1. The van der Waals surface area contributed by atoms with Crippen molar-refractivity contribution >= 4 is 67.0 Å². The summed E-state index contributed by atoms with van der Waals surface area (Å²) in [7, 11) is 0. The molecule has 0 saturated heterocycles. The first-order valence-electron chi connectivity index (χ1n) is 17.4. The Kier molecular flexibility index (Phi) is 13.6. The third-order valence-electron chi connectivity index (χ3n) is 8.41. The zero-order chi connectivity index (χ0) is 36.2. The van der Waals surface area contributed by atoms with Crippen molar-refractivity contribution in [1.29, 1.82) is 0 Å². The van der Waals surface area contributed by atoms with E-state index in [1.165, 1.54) is 22.3 Å². The fraction of sp³-hybridized carbons (Fsp3) is 0.333.